The highest BCUT2D eigenvalue weighted by Gasteiger charge is 2.28. The van der Waals surface area contributed by atoms with Gasteiger partial charge >= 0.3 is 11.9 Å². The van der Waals surface area contributed by atoms with Crippen LogP contribution in [-0.4, -0.2) is 42.5 Å². The van der Waals surface area contributed by atoms with Crippen LogP contribution in [0.3, 0.4) is 0 Å². The summed E-state index contributed by atoms with van der Waals surface area (Å²) < 4.78 is 15.5. The maximum Gasteiger partial charge on any atom is 0.342 e. The summed E-state index contributed by atoms with van der Waals surface area (Å²) in [5, 5.41) is 0.159. The number of nitrogens with one attached hydrogen (secondary N) is 1. The van der Waals surface area contributed by atoms with Gasteiger partial charge in [-0.1, -0.05) is 11.6 Å². The number of nitrogen functional groups attached to an aromatic ring is 1. The van der Waals surface area contributed by atoms with Gasteiger partial charge in [0.15, 0.2) is 6.10 Å². The Kier molecular flexibility index (Phi) is 6.92. The monoisotopic (exact) mass is 422 g/mol. The molecule has 1 atom stereocenters. The zero-order valence-electron chi connectivity index (χ0n) is 16.8. The second-order valence-electron chi connectivity index (χ2n) is 6.33. The second-order valence-corrected chi connectivity index (χ2v) is 6.74. The van der Waals surface area contributed by atoms with Crippen molar-refractivity contribution in [3.05, 3.63) is 45.2 Å². The number of ketones is 1. The first-order valence-corrected chi connectivity index (χ1v) is 9.24. The molecule has 3 N–H and O–H groups in total. The molecule has 0 bridgehead atoms. The average Bonchev–Trinajstić information content (AvgIpc) is 2.97. The first-order valence-electron chi connectivity index (χ1n) is 8.86. The van der Waals surface area contributed by atoms with Crippen LogP contribution in [0.1, 0.15) is 56.3 Å². The van der Waals surface area contributed by atoms with Crippen LogP contribution in [0.15, 0.2) is 12.1 Å². The van der Waals surface area contributed by atoms with Crippen molar-refractivity contribution in [3.63, 3.8) is 0 Å². The van der Waals surface area contributed by atoms with Crippen molar-refractivity contribution in [1.29, 1.82) is 0 Å². The summed E-state index contributed by atoms with van der Waals surface area (Å²) in [7, 11) is 1.37. The minimum absolute atomic E-state index is 0.0398. The molecule has 0 aliphatic heterocycles. The molecule has 0 spiro atoms. The lowest BCUT2D eigenvalue weighted by Crippen LogP contribution is -2.25. The highest BCUT2D eigenvalue weighted by molar-refractivity contribution is 6.33. The van der Waals surface area contributed by atoms with Gasteiger partial charge in [-0.2, -0.15) is 0 Å². The van der Waals surface area contributed by atoms with E-state index in [4.69, 9.17) is 31.5 Å². The number of H-pyrrole nitrogens is 1. The van der Waals surface area contributed by atoms with E-state index < -0.39 is 23.8 Å². The zero-order chi connectivity index (χ0) is 21.9. The van der Waals surface area contributed by atoms with Gasteiger partial charge in [0.2, 0.25) is 5.78 Å². The first-order chi connectivity index (χ1) is 13.6. The van der Waals surface area contributed by atoms with Gasteiger partial charge in [-0.15, -0.1) is 0 Å². The van der Waals surface area contributed by atoms with Crippen LogP contribution in [0.2, 0.25) is 5.02 Å². The lowest BCUT2D eigenvalue weighted by Gasteiger charge is -2.14. The highest BCUT2D eigenvalue weighted by atomic mass is 35.5. The maximum absolute atomic E-state index is 12.8. The minimum atomic E-state index is -1.13. The molecular formula is C20H23ClN2O6. The quantitative estimate of drug-likeness (QED) is 0.398. The van der Waals surface area contributed by atoms with Gasteiger partial charge in [-0.05, 0) is 39.3 Å². The largest absolute Gasteiger partial charge is 0.496 e. The molecule has 0 unspecified atom stereocenters. The summed E-state index contributed by atoms with van der Waals surface area (Å²) in [6.07, 6.45) is -1.13. The number of benzene rings is 1. The molecule has 2 rings (SSSR count). The fourth-order valence-corrected chi connectivity index (χ4v) is 3.05. The van der Waals surface area contributed by atoms with Crippen LogP contribution in [0.5, 0.6) is 5.75 Å². The van der Waals surface area contributed by atoms with E-state index in [9.17, 15) is 14.4 Å². The SMILES string of the molecule is CCOC(=O)c1c(C)[nH]c(C(=O)[C@H](C)OC(=O)c2cc(Cl)c(N)cc2OC)c1C. The van der Waals surface area contributed by atoms with Crippen molar-refractivity contribution in [2.45, 2.75) is 33.8 Å². The van der Waals surface area contributed by atoms with Crippen molar-refractivity contribution in [2.24, 2.45) is 0 Å². The number of carbonyl (C=O) groups is 3. The lowest BCUT2D eigenvalue weighted by molar-refractivity contribution is 0.0313. The molecule has 8 nitrogen and oxygen atoms in total. The normalized spacial score (nSPS) is 11.7. The summed E-state index contributed by atoms with van der Waals surface area (Å²) in [5.41, 5.74) is 7.39. The van der Waals surface area contributed by atoms with Gasteiger partial charge in [0.25, 0.3) is 0 Å². The van der Waals surface area contributed by atoms with E-state index in [1.165, 1.54) is 26.2 Å². The molecule has 156 valence electrons. The number of aromatic nitrogens is 1. The van der Waals surface area contributed by atoms with Gasteiger partial charge in [0.05, 0.1) is 35.7 Å². The molecule has 2 aromatic rings. The van der Waals surface area contributed by atoms with Gasteiger partial charge in [0, 0.05) is 11.8 Å². The summed E-state index contributed by atoms with van der Waals surface area (Å²) in [6, 6.07) is 2.72. The van der Waals surface area contributed by atoms with Crippen molar-refractivity contribution in [1.82, 2.24) is 4.98 Å². The third-order valence-electron chi connectivity index (χ3n) is 4.36. The predicted molar refractivity (Wildman–Crippen MR) is 108 cm³/mol. The molecule has 1 aromatic carbocycles. The van der Waals surface area contributed by atoms with Crippen molar-refractivity contribution in [3.8, 4) is 5.75 Å². The number of aryl methyl sites for hydroxylation is 1. The zero-order valence-corrected chi connectivity index (χ0v) is 17.6. The van der Waals surface area contributed by atoms with E-state index in [2.05, 4.69) is 4.98 Å². The molecule has 29 heavy (non-hydrogen) atoms. The number of carbonyl (C=O) groups excluding carboxylic acids is 3. The van der Waals surface area contributed by atoms with Crippen LogP contribution in [0, 0.1) is 13.8 Å². The number of ether oxygens (including phenoxy) is 3. The van der Waals surface area contributed by atoms with Gasteiger partial charge in [-0.3, -0.25) is 4.79 Å². The number of aromatic amines is 1. The van der Waals surface area contributed by atoms with Gasteiger partial charge in [0.1, 0.15) is 11.3 Å². The van der Waals surface area contributed by atoms with E-state index >= 15 is 0 Å². The summed E-state index contributed by atoms with van der Waals surface area (Å²) >= 11 is 5.97. The minimum Gasteiger partial charge on any atom is -0.496 e. The fraction of sp³-hybridized carbons (Fsp3) is 0.350. The van der Waals surface area contributed by atoms with Gasteiger partial charge < -0.3 is 24.9 Å². The Morgan fingerprint density at radius 3 is 2.45 bits per heavy atom. The predicted octanol–water partition coefficient (Wildman–Crippen LogP) is 3.48. The van der Waals surface area contributed by atoms with E-state index in [-0.39, 0.29) is 34.3 Å². The van der Waals surface area contributed by atoms with Crippen LogP contribution in [0.25, 0.3) is 0 Å². The number of nitrogens with two attached hydrogens (primary N) is 1. The Morgan fingerprint density at radius 1 is 1.21 bits per heavy atom. The summed E-state index contributed by atoms with van der Waals surface area (Å²) in [6.45, 7) is 6.63. The van der Waals surface area contributed by atoms with Crippen molar-refractivity contribution in [2.75, 3.05) is 19.5 Å². The molecule has 0 aliphatic rings. The molecule has 9 heteroatoms. The Morgan fingerprint density at radius 2 is 1.86 bits per heavy atom. The molecule has 0 radical (unpaired) electrons. The van der Waals surface area contributed by atoms with E-state index in [0.717, 1.165) is 0 Å². The second kappa shape index (κ2) is 9.00. The highest BCUT2D eigenvalue weighted by Crippen LogP contribution is 2.30. The maximum atomic E-state index is 12.8. The number of hydrogen-bond donors (Lipinski definition) is 2. The van der Waals surface area contributed by atoms with Crippen LogP contribution < -0.4 is 10.5 Å². The standard InChI is InChI=1S/C20H23ClN2O6/c1-6-28-20(26)16-9(2)17(23-10(16)3)18(24)11(4)29-19(25)12-7-13(21)14(22)8-15(12)27-5/h7-8,11,23H,6,22H2,1-5H3/t11-/m0/s1. The average molecular weight is 423 g/mol. The third-order valence-corrected chi connectivity index (χ3v) is 4.68. The summed E-state index contributed by atoms with van der Waals surface area (Å²) in [5.74, 6) is -1.64. The molecule has 0 saturated carbocycles. The number of rotatable bonds is 7. The molecule has 0 saturated heterocycles. The third kappa shape index (κ3) is 4.54. The number of hydrogen-bond acceptors (Lipinski definition) is 7. The fourth-order valence-electron chi connectivity index (χ4n) is 2.88. The van der Waals surface area contributed by atoms with Crippen LogP contribution in [0.4, 0.5) is 5.69 Å². The number of esters is 2. The number of anilines is 1. The van der Waals surface area contributed by atoms with Crippen LogP contribution >= 0.6 is 11.6 Å². The lowest BCUT2D eigenvalue weighted by atomic mass is 10.1. The van der Waals surface area contributed by atoms with Crippen LogP contribution in [-0.2, 0) is 9.47 Å². The molecule has 1 heterocycles. The number of halogens is 1. The molecular weight excluding hydrogens is 400 g/mol. The van der Waals surface area contributed by atoms with Crippen molar-refractivity contribution >= 4 is 35.0 Å². The smallest absolute Gasteiger partial charge is 0.342 e. The van der Waals surface area contributed by atoms with Gasteiger partial charge in [-0.25, -0.2) is 9.59 Å². The van der Waals surface area contributed by atoms with E-state index in [0.29, 0.717) is 16.8 Å². The first kappa shape index (κ1) is 22.3. The van der Waals surface area contributed by atoms with Crippen molar-refractivity contribution < 1.29 is 28.6 Å². The summed E-state index contributed by atoms with van der Waals surface area (Å²) in [4.78, 5) is 40.4. The Bertz CT molecular complexity index is 966. The molecule has 0 fully saturated rings. The topological polar surface area (TPSA) is 121 Å². The number of methoxy groups -OCH3 is 1. The number of Topliss-reactive ketones (excluding diaryl/α,β-unsaturated/α-hetero) is 1. The van der Waals surface area contributed by atoms with E-state index in [1.807, 2.05) is 0 Å². The Hall–Kier alpha value is -3.00. The molecule has 1 aromatic heterocycles. The molecule has 0 amide bonds. The Balaban J connectivity index is 2.26. The van der Waals surface area contributed by atoms with E-state index in [1.54, 1.807) is 20.8 Å². The Labute approximate surface area is 173 Å². The molecule has 0 aliphatic carbocycles.